The summed E-state index contributed by atoms with van der Waals surface area (Å²) < 4.78 is 28.5. The van der Waals surface area contributed by atoms with Crippen molar-refractivity contribution in [1.29, 1.82) is 0 Å². The molecule has 1 aromatic heterocycles. The first-order valence-corrected chi connectivity index (χ1v) is 10.2. The Morgan fingerprint density at radius 1 is 1.10 bits per heavy atom. The molecule has 160 valence electrons. The van der Waals surface area contributed by atoms with Gasteiger partial charge in [0.25, 0.3) is 5.91 Å². The number of hydrogen-bond donors (Lipinski definition) is 2. The molecule has 1 aliphatic rings. The van der Waals surface area contributed by atoms with E-state index >= 15 is 0 Å². The van der Waals surface area contributed by atoms with Crippen LogP contribution < -0.4 is 10.6 Å². The normalized spacial score (nSPS) is 12.5. The van der Waals surface area contributed by atoms with Crippen LogP contribution in [-0.2, 0) is 17.6 Å². The van der Waals surface area contributed by atoms with Gasteiger partial charge in [0.05, 0.1) is 16.4 Å². The van der Waals surface area contributed by atoms with Crippen molar-refractivity contribution in [3.05, 3.63) is 70.0 Å². The number of benzene rings is 2. The van der Waals surface area contributed by atoms with Crippen LogP contribution in [0.1, 0.15) is 41.5 Å². The third kappa shape index (κ3) is 4.16. The number of fused-ring (bicyclic) bond motifs is 1. The molecule has 3 aromatic rings. The molecule has 31 heavy (non-hydrogen) atoms. The predicted molar refractivity (Wildman–Crippen MR) is 114 cm³/mol. The number of rotatable bonds is 5. The van der Waals surface area contributed by atoms with E-state index in [0.717, 1.165) is 29.8 Å². The molecule has 0 spiro atoms. The molecule has 0 fully saturated rings. The summed E-state index contributed by atoms with van der Waals surface area (Å²) >= 11 is 6.22. The van der Waals surface area contributed by atoms with E-state index in [1.54, 1.807) is 25.1 Å². The third-order valence-corrected chi connectivity index (χ3v) is 5.44. The van der Waals surface area contributed by atoms with Crippen LogP contribution in [-0.4, -0.2) is 21.6 Å². The number of carbonyl (C=O) groups is 2. The molecule has 9 heteroatoms. The van der Waals surface area contributed by atoms with E-state index in [2.05, 4.69) is 15.7 Å². The average molecular weight is 445 g/mol. The summed E-state index contributed by atoms with van der Waals surface area (Å²) in [6.07, 6.45) is 2.48. The van der Waals surface area contributed by atoms with Gasteiger partial charge in [-0.25, -0.2) is 13.5 Å². The molecule has 0 atom stereocenters. The Labute approximate surface area is 182 Å². The molecule has 1 heterocycles. The van der Waals surface area contributed by atoms with Crippen LogP contribution in [0, 0.1) is 11.6 Å². The highest BCUT2D eigenvalue weighted by Gasteiger charge is 2.27. The summed E-state index contributed by atoms with van der Waals surface area (Å²) in [7, 11) is 0. The van der Waals surface area contributed by atoms with Gasteiger partial charge in [0, 0.05) is 29.4 Å². The number of amides is 2. The van der Waals surface area contributed by atoms with E-state index in [0.29, 0.717) is 41.3 Å². The third-order valence-electron chi connectivity index (χ3n) is 5.11. The van der Waals surface area contributed by atoms with Crippen molar-refractivity contribution in [3.63, 3.8) is 0 Å². The Balaban J connectivity index is 1.65. The molecule has 2 aromatic carbocycles. The van der Waals surface area contributed by atoms with Crippen molar-refractivity contribution in [1.82, 2.24) is 9.78 Å². The Hall–Kier alpha value is -3.26. The molecule has 0 unspecified atom stereocenters. The van der Waals surface area contributed by atoms with Crippen LogP contribution in [0.5, 0.6) is 0 Å². The summed E-state index contributed by atoms with van der Waals surface area (Å²) in [6.45, 7) is 1.73. The summed E-state index contributed by atoms with van der Waals surface area (Å²) in [6, 6.07) is 8.29. The first-order chi connectivity index (χ1) is 14.9. The van der Waals surface area contributed by atoms with E-state index in [1.165, 1.54) is 10.7 Å². The fraction of sp³-hybridized carbons (Fsp3) is 0.227. The van der Waals surface area contributed by atoms with Crippen molar-refractivity contribution < 1.29 is 18.4 Å². The Kier molecular flexibility index (Phi) is 5.73. The number of aromatic nitrogens is 2. The first-order valence-electron chi connectivity index (χ1n) is 9.84. The molecule has 0 saturated heterocycles. The highest BCUT2D eigenvalue weighted by atomic mass is 35.5. The van der Waals surface area contributed by atoms with Gasteiger partial charge in [-0.2, -0.15) is 5.10 Å². The van der Waals surface area contributed by atoms with Crippen LogP contribution in [0.3, 0.4) is 0 Å². The standard InChI is InChI=1S/C22H19ClF2N4O2/c1-2-20(30)26-12-6-8-15(23)18(10-12)27-22(31)21-14-4-3-5-19(14)29(28-21)13-7-9-16(24)17(25)11-13/h6-11H,2-5H2,1H3,(H,26,30)(H,27,31). The Morgan fingerprint density at radius 3 is 2.65 bits per heavy atom. The van der Waals surface area contributed by atoms with E-state index < -0.39 is 17.5 Å². The van der Waals surface area contributed by atoms with Crippen LogP contribution in [0.2, 0.25) is 5.02 Å². The zero-order valence-corrected chi connectivity index (χ0v) is 17.4. The fourth-order valence-electron chi connectivity index (χ4n) is 3.58. The number of nitrogens with one attached hydrogen (secondary N) is 2. The second-order valence-electron chi connectivity index (χ2n) is 7.19. The maximum atomic E-state index is 13.7. The van der Waals surface area contributed by atoms with Gasteiger partial charge in [-0.05, 0) is 49.6 Å². The first kappa shape index (κ1) is 21.0. The molecule has 4 rings (SSSR count). The largest absolute Gasteiger partial charge is 0.326 e. The molecule has 0 radical (unpaired) electrons. The van der Waals surface area contributed by atoms with Gasteiger partial charge in [0.15, 0.2) is 17.3 Å². The summed E-state index contributed by atoms with van der Waals surface area (Å²) in [5.74, 6) is -2.57. The smallest absolute Gasteiger partial charge is 0.276 e. The van der Waals surface area contributed by atoms with Gasteiger partial charge < -0.3 is 10.6 Å². The molecule has 0 saturated carbocycles. The monoisotopic (exact) mass is 444 g/mol. The van der Waals surface area contributed by atoms with Crippen LogP contribution in [0.25, 0.3) is 5.69 Å². The van der Waals surface area contributed by atoms with Gasteiger partial charge in [-0.1, -0.05) is 18.5 Å². The molecule has 1 aliphatic carbocycles. The maximum Gasteiger partial charge on any atom is 0.276 e. The summed E-state index contributed by atoms with van der Waals surface area (Å²) in [4.78, 5) is 24.7. The highest BCUT2D eigenvalue weighted by Crippen LogP contribution is 2.30. The van der Waals surface area contributed by atoms with E-state index in [4.69, 9.17) is 11.6 Å². The lowest BCUT2D eigenvalue weighted by Gasteiger charge is -2.10. The van der Waals surface area contributed by atoms with Gasteiger partial charge in [0.1, 0.15) is 0 Å². The lowest BCUT2D eigenvalue weighted by molar-refractivity contribution is -0.115. The van der Waals surface area contributed by atoms with Crippen LogP contribution in [0.15, 0.2) is 36.4 Å². The van der Waals surface area contributed by atoms with E-state index in [1.807, 2.05) is 0 Å². The summed E-state index contributed by atoms with van der Waals surface area (Å²) in [5.41, 5.74) is 2.95. The van der Waals surface area contributed by atoms with Crippen LogP contribution >= 0.6 is 11.6 Å². The summed E-state index contributed by atoms with van der Waals surface area (Å²) in [5, 5.41) is 10.1. The number of carbonyl (C=O) groups excluding carboxylic acids is 2. The van der Waals surface area contributed by atoms with E-state index in [-0.39, 0.29) is 11.6 Å². The second kappa shape index (κ2) is 8.47. The number of anilines is 2. The minimum Gasteiger partial charge on any atom is -0.326 e. The molecule has 0 aliphatic heterocycles. The predicted octanol–water partition coefficient (Wildman–Crippen LogP) is 4.89. The van der Waals surface area contributed by atoms with Gasteiger partial charge in [-0.15, -0.1) is 0 Å². The quantitative estimate of drug-likeness (QED) is 0.588. The van der Waals surface area contributed by atoms with Gasteiger partial charge in [0.2, 0.25) is 5.91 Å². The molecule has 2 N–H and O–H groups in total. The number of halogens is 3. The van der Waals surface area contributed by atoms with Gasteiger partial charge >= 0.3 is 0 Å². The molecule has 0 bridgehead atoms. The highest BCUT2D eigenvalue weighted by molar-refractivity contribution is 6.34. The lowest BCUT2D eigenvalue weighted by Crippen LogP contribution is -2.16. The second-order valence-corrected chi connectivity index (χ2v) is 7.60. The Bertz CT molecular complexity index is 1190. The number of nitrogens with zero attached hydrogens (tertiary/aromatic N) is 2. The molecular weight excluding hydrogens is 426 g/mol. The van der Waals surface area contributed by atoms with Gasteiger partial charge in [-0.3, -0.25) is 9.59 Å². The SMILES string of the molecule is CCC(=O)Nc1ccc(Cl)c(NC(=O)c2nn(-c3ccc(F)c(F)c3)c3c2CCC3)c1. The molecule has 6 nitrogen and oxygen atoms in total. The topological polar surface area (TPSA) is 76.0 Å². The average Bonchev–Trinajstić information content (AvgIpc) is 3.35. The maximum absolute atomic E-state index is 13.7. The fourth-order valence-corrected chi connectivity index (χ4v) is 3.74. The zero-order valence-electron chi connectivity index (χ0n) is 16.6. The lowest BCUT2D eigenvalue weighted by atomic mass is 10.2. The van der Waals surface area contributed by atoms with E-state index in [9.17, 15) is 18.4 Å². The van der Waals surface area contributed by atoms with Crippen LogP contribution in [0.4, 0.5) is 20.2 Å². The minimum absolute atomic E-state index is 0.164. The van der Waals surface area contributed by atoms with Crippen molar-refractivity contribution in [2.75, 3.05) is 10.6 Å². The van der Waals surface area contributed by atoms with Crippen molar-refractivity contribution in [2.24, 2.45) is 0 Å². The molecule has 2 amide bonds. The Morgan fingerprint density at radius 2 is 1.90 bits per heavy atom. The van der Waals surface area contributed by atoms with Crippen molar-refractivity contribution in [3.8, 4) is 5.69 Å². The van der Waals surface area contributed by atoms with Crippen molar-refractivity contribution >= 4 is 34.8 Å². The molecular formula is C22H19ClF2N4O2. The number of hydrogen-bond acceptors (Lipinski definition) is 3. The minimum atomic E-state index is -0.983. The van der Waals surface area contributed by atoms with Crippen molar-refractivity contribution in [2.45, 2.75) is 32.6 Å². The zero-order chi connectivity index (χ0) is 22.1.